The standard InChI is InChI=1S/C15H15N3O/c1-10-8-12(19-3)5-6-13(10)11-4-7-14-15(9-11)18(2)17-16-14/h4-9H,1-3H3. The molecule has 1 heterocycles. The van der Waals surface area contributed by atoms with Crippen molar-refractivity contribution in [3.8, 4) is 16.9 Å². The predicted octanol–water partition coefficient (Wildman–Crippen LogP) is 2.95. The molecule has 0 saturated carbocycles. The molecule has 0 saturated heterocycles. The third-order valence-electron chi connectivity index (χ3n) is 3.36. The molecule has 0 aliphatic carbocycles. The monoisotopic (exact) mass is 253 g/mol. The molecule has 4 heteroatoms. The number of hydrogen-bond donors (Lipinski definition) is 0. The fourth-order valence-corrected chi connectivity index (χ4v) is 2.29. The van der Waals surface area contributed by atoms with Crippen LogP contribution in [0.4, 0.5) is 0 Å². The number of hydrogen-bond acceptors (Lipinski definition) is 3. The minimum absolute atomic E-state index is 0.879. The van der Waals surface area contributed by atoms with Crippen LogP contribution >= 0.6 is 0 Å². The van der Waals surface area contributed by atoms with E-state index in [0.29, 0.717) is 0 Å². The maximum atomic E-state index is 5.24. The van der Waals surface area contributed by atoms with Crippen LogP contribution in [0, 0.1) is 6.92 Å². The smallest absolute Gasteiger partial charge is 0.119 e. The Labute approximate surface area is 111 Å². The Hall–Kier alpha value is -2.36. The molecule has 0 aliphatic rings. The van der Waals surface area contributed by atoms with Gasteiger partial charge in [-0.3, -0.25) is 0 Å². The van der Waals surface area contributed by atoms with E-state index in [1.165, 1.54) is 11.1 Å². The highest BCUT2D eigenvalue weighted by Gasteiger charge is 2.07. The van der Waals surface area contributed by atoms with Gasteiger partial charge in [-0.1, -0.05) is 17.3 Å². The molecule has 96 valence electrons. The van der Waals surface area contributed by atoms with Crippen LogP contribution in [0.5, 0.6) is 5.75 Å². The third-order valence-corrected chi connectivity index (χ3v) is 3.36. The first-order valence-corrected chi connectivity index (χ1v) is 6.13. The SMILES string of the molecule is COc1ccc(-c2ccc3nnn(C)c3c2)c(C)c1. The highest BCUT2D eigenvalue weighted by molar-refractivity contribution is 5.82. The molecule has 0 amide bonds. The van der Waals surface area contributed by atoms with Gasteiger partial charge in [-0.15, -0.1) is 5.10 Å². The van der Waals surface area contributed by atoms with Gasteiger partial charge in [-0.2, -0.15) is 0 Å². The normalized spacial score (nSPS) is 10.9. The van der Waals surface area contributed by atoms with Crippen LogP contribution in [0.1, 0.15) is 5.56 Å². The Morgan fingerprint density at radius 3 is 2.68 bits per heavy atom. The zero-order chi connectivity index (χ0) is 13.4. The first-order chi connectivity index (χ1) is 9.19. The Kier molecular flexibility index (Phi) is 2.71. The van der Waals surface area contributed by atoms with E-state index < -0.39 is 0 Å². The zero-order valence-electron chi connectivity index (χ0n) is 11.2. The lowest BCUT2D eigenvalue weighted by Crippen LogP contribution is -1.90. The minimum Gasteiger partial charge on any atom is -0.497 e. The lowest BCUT2D eigenvalue weighted by molar-refractivity contribution is 0.414. The van der Waals surface area contributed by atoms with E-state index in [1.54, 1.807) is 11.8 Å². The van der Waals surface area contributed by atoms with Crippen LogP contribution in [0.25, 0.3) is 22.2 Å². The fourth-order valence-electron chi connectivity index (χ4n) is 2.29. The quantitative estimate of drug-likeness (QED) is 0.705. The van der Waals surface area contributed by atoms with Crippen molar-refractivity contribution in [1.82, 2.24) is 15.0 Å². The van der Waals surface area contributed by atoms with Crippen molar-refractivity contribution in [2.24, 2.45) is 7.05 Å². The lowest BCUT2D eigenvalue weighted by atomic mass is 10.00. The van der Waals surface area contributed by atoms with Gasteiger partial charge in [0.2, 0.25) is 0 Å². The van der Waals surface area contributed by atoms with E-state index in [9.17, 15) is 0 Å². The van der Waals surface area contributed by atoms with Crippen LogP contribution in [0.15, 0.2) is 36.4 Å². The van der Waals surface area contributed by atoms with E-state index in [1.807, 2.05) is 25.2 Å². The summed E-state index contributed by atoms with van der Waals surface area (Å²) in [4.78, 5) is 0. The van der Waals surface area contributed by atoms with E-state index in [-0.39, 0.29) is 0 Å². The Balaban J connectivity index is 2.15. The highest BCUT2D eigenvalue weighted by atomic mass is 16.5. The van der Waals surface area contributed by atoms with Crippen LogP contribution in [-0.4, -0.2) is 22.1 Å². The molecule has 0 unspecified atom stereocenters. The molecule has 3 aromatic rings. The second-order valence-electron chi connectivity index (χ2n) is 4.60. The number of aromatic nitrogens is 3. The molecule has 1 aromatic heterocycles. The summed E-state index contributed by atoms with van der Waals surface area (Å²) in [6.07, 6.45) is 0. The fraction of sp³-hybridized carbons (Fsp3) is 0.200. The average Bonchev–Trinajstić information content (AvgIpc) is 2.80. The summed E-state index contributed by atoms with van der Waals surface area (Å²) in [6.45, 7) is 2.09. The van der Waals surface area contributed by atoms with Crippen molar-refractivity contribution in [3.05, 3.63) is 42.0 Å². The number of nitrogens with zero attached hydrogens (tertiary/aromatic N) is 3. The molecule has 2 aromatic carbocycles. The molecule has 0 spiro atoms. The number of ether oxygens (including phenoxy) is 1. The van der Waals surface area contributed by atoms with Gasteiger partial charge in [-0.05, 0) is 47.9 Å². The van der Waals surface area contributed by atoms with Crippen molar-refractivity contribution >= 4 is 11.0 Å². The molecule has 4 nitrogen and oxygen atoms in total. The van der Waals surface area contributed by atoms with Crippen LogP contribution < -0.4 is 4.74 Å². The minimum atomic E-state index is 0.879. The maximum Gasteiger partial charge on any atom is 0.119 e. The van der Waals surface area contributed by atoms with Crippen molar-refractivity contribution in [1.29, 1.82) is 0 Å². The third kappa shape index (κ3) is 1.95. The molecule has 19 heavy (non-hydrogen) atoms. The van der Waals surface area contributed by atoms with E-state index in [2.05, 4.69) is 35.4 Å². The summed E-state index contributed by atoms with van der Waals surface area (Å²) in [5.74, 6) is 0.879. The van der Waals surface area contributed by atoms with Crippen molar-refractivity contribution in [2.45, 2.75) is 6.92 Å². The van der Waals surface area contributed by atoms with Gasteiger partial charge in [0.05, 0.1) is 12.6 Å². The molecule has 0 aliphatic heterocycles. The van der Waals surface area contributed by atoms with Gasteiger partial charge >= 0.3 is 0 Å². The Bertz CT molecular complexity index is 746. The number of fused-ring (bicyclic) bond motifs is 1. The molecule has 0 N–H and O–H groups in total. The molecule has 3 rings (SSSR count). The van der Waals surface area contributed by atoms with Crippen LogP contribution in [0.2, 0.25) is 0 Å². The zero-order valence-corrected chi connectivity index (χ0v) is 11.2. The van der Waals surface area contributed by atoms with Gasteiger partial charge in [0.1, 0.15) is 11.3 Å². The van der Waals surface area contributed by atoms with Crippen molar-refractivity contribution in [2.75, 3.05) is 7.11 Å². The van der Waals surface area contributed by atoms with E-state index in [4.69, 9.17) is 4.74 Å². The number of benzene rings is 2. The molecule has 0 radical (unpaired) electrons. The van der Waals surface area contributed by atoms with Gasteiger partial charge < -0.3 is 4.74 Å². The second-order valence-corrected chi connectivity index (χ2v) is 4.60. The Morgan fingerprint density at radius 2 is 1.95 bits per heavy atom. The first-order valence-electron chi connectivity index (χ1n) is 6.13. The largest absolute Gasteiger partial charge is 0.497 e. The molecule has 0 atom stereocenters. The van der Waals surface area contributed by atoms with Crippen molar-refractivity contribution < 1.29 is 4.74 Å². The van der Waals surface area contributed by atoms with E-state index in [0.717, 1.165) is 22.3 Å². The summed E-state index contributed by atoms with van der Waals surface area (Å²) < 4.78 is 7.03. The van der Waals surface area contributed by atoms with Crippen LogP contribution in [-0.2, 0) is 7.05 Å². The number of rotatable bonds is 2. The maximum absolute atomic E-state index is 5.24. The first kappa shape index (κ1) is 11.7. The summed E-state index contributed by atoms with van der Waals surface area (Å²) in [7, 11) is 3.59. The van der Waals surface area contributed by atoms with Crippen molar-refractivity contribution in [3.63, 3.8) is 0 Å². The Morgan fingerprint density at radius 1 is 1.11 bits per heavy atom. The molecular weight excluding hydrogens is 238 g/mol. The number of methoxy groups -OCH3 is 1. The lowest BCUT2D eigenvalue weighted by Gasteiger charge is -2.08. The molecule has 0 fully saturated rings. The average molecular weight is 253 g/mol. The summed E-state index contributed by atoms with van der Waals surface area (Å²) >= 11 is 0. The van der Waals surface area contributed by atoms with Crippen LogP contribution in [0.3, 0.4) is 0 Å². The van der Waals surface area contributed by atoms with E-state index >= 15 is 0 Å². The summed E-state index contributed by atoms with van der Waals surface area (Å²) in [5, 5.41) is 8.12. The number of aryl methyl sites for hydroxylation is 2. The summed E-state index contributed by atoms with van der Waals surface area (Å²) in [5.41, 5.74) is 5.50. The van der Waals surface area contributed by atoms with Gasteiger partial charge in [-0.25, -0.2) is 4.68 Å². The molecular formula is C15H15N3O. The van der Waals surface area contributed by atoms with Gasteiger partial charge in [0.15, 0.2) is 0 Å². The highest BCUT2D eigenvalue weighted by Crippen LogP contribution is 2.28. The second kappa shape index (κ2) is 4.39. The summed E-state index contributed by atoms with van der Waals surface area (Å²) in [6, 6.07) is 12.3. The van der Waals surface area contributed by atoms with Gasteiger partial charge in [0, 0.05) is 7.05 Å². The topological polar surface area (TPSA) is 39.9 Å². The van der Waals surface area contributed by atoms with Gasteiger partial charge in [0.25, 0.3) is 0 Å². The molecule has 0 bridgehead atoms. The predicted molar refractivity (Wildman–Crippen MR) is 75.2 cm³/mol.